The summed E-state index contributed by atoms with van der Waals surface area (Å²) in [7, 11) is 0. The lowest BCUT2D eigenvalue weighted by molar-refractivity contribution is 0.00627. The third-order valence-corrected chi connectivity index (χ3v) is 4.00. The molecule has 1 unspecified atom stereocenters. The van der Waals surface area contributed by atoms with E-state index in [1.807, 2.05) is 12.1 Å². The van der Waals surface area contributed by atoms with Crippen LogP contribution in [-0.4, -0.2) is 22.3 Å². The van der Waals surface area contributed by atoms with Crippen LogP contribution in [0.1, 0.15) is 30.7 Å². The number of hydrogen-bond acceptors (Lipinski definition) is 3. The fourth-order valence-corrected chi connectivity index (χ4v) is 2.95. The Labute approximate surface area is 122 Å². The molecule has 20 heavy (non-hydrogen) atoms. The standard InChI is InChI=1S/C15H16ClN3O/c16-8-14-18-15-11(9-17)4-3-6-13(15)19(14)10-12-5-1-2-7-20-12/h3-4,6,12H,1-2,5,7-8,10H2. The monoisotopic (exact) mass is 289 g/mol. The summed E-state index contributed by atoms with van der Waals surface area (Å²) in [5.41, 5.74) is 2.30. The van der Waals surface area contributed by atoms with E-state index in [0.717, 1.165) is 42.9 Å². The molecule has 1 aromatic heterocycles. The molecule has 1 aliphatic rings. The van der Waals surface area contributed by atoms with Crippen LogP contribution < -0.4 is 0 Å². The summed E-state index contributed by atoms with van der Waals surface area (Å²) < 4.78 is 7.90. The minimum atomic E-state index is 0.217. The van der Waals surface area contributed by atoms with Crippen LogP contribution >= 0.6 is 11.6 Å². The molecule has 4 nitrogen and oxygen atoms in total. The number of benzene rings is 1. The molecule has 0 N–H and O–H groups in total. The van der Waals surface area contributed by atoms with Crippen molar-refractivity contribution in [1.82, 2.24) is 9.55 Å². The van der Waals surface area contributed by atoms with Crippen LogP contribution in [0, 0.1) is 11.3 Å². The second-order valence-corrected chi connectivity index (χ2v) is 5.31. The zero-order valence-electron chi connectivity index (χ0n) is 11.2. The van der Waals surface area contributed by atoms with E-state index in [9.17, 15) is 5.26 Å². The second-order valence-electron chi connectivity index (χ2n) is 5.05. The van der Waals surface area contributed by atoms with E-state index in [2.05, 4.69) is 15.6 Å². The maximum atomic E-state index is 9.17. The lowest BCUT2D eigenvalue weighted by Crippen LogP contribution is -2.25. The van der Waals surface area contributed by atoms with E-state index in [1.165, 1.54) is 6.42 Å². The molecule has 1 saturated heterocycles. The van der Waals surface area contributed by atoms with Gasteiger partial charge in [-0.3, -0.25) is 0 Å². The van der Waals surface area contributed by atoms with Gasteiger partial charge in [0.25, 0.3) is 0 Å². The number of nitriles is 1. The van der Waals surface area contributed by atoms with Gasteiger partial charge in [-0.1, -0.05) is 6.07 Å². The smallest absolute Gasteiger partial charge is 0.124 e. The summed E-state index contributed by atoms with van der Waals surface area (Å²) in [5, 5.41) is 9.17. The second kappa shape index (κ2) is 5.82. The highest BCUT2D eigenvalue weighted by atomic mass is 35.5. The van der Waals surface area contributed by atoms with E-state index in [-0.39, 0.29) is 6.10 Å². The van der Waals surface area contributed by atoms with Gasteiger partial charge in [-0.25, -0.2) is 4.98 Å². The number of alkyl halides is 1. The molecule has 2 heterocycles. The highest BCUT2D eigenvalue weighted by molar-refractivity contribution is 6.16. The van der Waals surface area contributed by atoms with Gasteiger partial charge in [0.2, 0.25) is 0 Å². The molecule has 0 saturated carbocycles. The fourth-order valence-electron chi connectivity index (χ4n) is 2.75. The van der Waals surface area contributed by atoms with Crippen LogP contribution in [0.15, 0.2) is 18.2 Å². The average Bonchev–Trinajstić information content (AvgIpc) is 2.86. The fraction of sp³-hybridized carbons (Fsp3) is 0.467. The van der Waals surface area contributed by atoms with Crippen LogP contribution in [0.2, 0.25) is 0 Å². The number of aromatic nitrogens is 2. The first-order valence-corrected chi connectivity index (χ1v) is 7.42. The lowest BCUT2D eigenvalue weighted by atomic mass is 10.1. The minimum absolute atomic E-state index is 0.217. The first-order chi connectivity index (χ1) is 9.83. The Balaban J connectivity index is 2.02. The van der Waals surface area contributed by atoms with Gasteiger partial charge in [-0.2, -0.15) is 5.26 Å². The summed E-state index contributed by atoms with van der Waals surface area (Å²) in [6, 6.07) is 7.85. The average molecular weight is 290 g/mol. The van der Waals surface area contributed by atoms with Gasteiger partial charge in [0.05, 0.1) is 29.6 Å². The summed E-state index contributed by atoms with van der Waals surface area (Å²) >= 11 is 6.01. The zero-order valence-corrected chi connectivity index (χ0v) is 11.9. The van der Waals surface area contributed by atoms with E-state index < -0.39 is 0 Å². The summed E-state index contributed by atoms with van der Waals surface area (Å²) in [4.78, 5) is 4.52. The molecule has 3 rings (SSSR count). The van der Waals surface area contributed by atoms with E-state index in [1.54, 1.807) is 6.07 Å². The molecule has 1 aromatic carbocycles. The molecular formula is C15H16ClN3O. The third-order valence-electron chi connectivity index (χ3n) is 3.76. The third kappa shape index (κ3) is 2.39. The molecule has 0 spiro atoms. The summed E-state index contributed by atoms with van der Waals surface area (Å²) in [6.45, 7) is 1.59. The lowest BCUT2D eigenvalue weighted by Gasteiger charge is -2.23. The van der Waals surface area contributed by atoms with Gasteiger partial charge in [0, 0.05) is 6.61 Å². The molecule has 0 bridgehead atoms. The topological polar surface area (TPSA) is 50.8 Å². The SMILES string of the molecule is N#Cc1cccc2c1nc(CCl)n2CC1CCCCO1. The quantitative estimate of drug-likeness (QED) is 0.815. The van der Waals surface area contributed by atoms with Gasteiger partial charge >= 0.3 is 0 Å². The van der Waals surface area contributed by atoms with Crippen LogP contribution in [0.3, 0.4) is 0 Å². The molecular weight excluding hydrogens is 274 g/mol. The van der Waals surface area contributed by atoms with E-state index in [0.29, 0.717) is 11.4 Å². The van der Waals surface area contributed by atoms with Crippen molar-refractivity contribution < 1.29 is 4.74 Å². The highest BCUT2D eigenvalue weighted by Crippen LogP contribution is 2.23. The Kier molecular flexibility index (Phi) is 3.90. The molecule has 1 atom stereocenters. The maximum Gasteiger partial charge on any atom is 0.124 e. The number of imidazole rings is 1. The predicted octanol–water partition coefficient (Wildman–Crippen LogP) is 3.22. The van der Waals surface area contributed by atoms with E-state index >= 15 is 0 Å². The number of para-hydroxylation sites is 1. The molecule has 0 amide bonds. The Morgan fingerprint density at radius 1 is 1.45 bits per heavy atom. The van der Waals surface area contributed by atoms with Gasteiger partial charge in [-0.15, -0.1) is 11.6 Å². The van der Waals surface area contributed by atoms with Crippen LogP contribution in [-0.2, 0) is 17.2 Å². The van der Waals surface area contributed by atoms with Crippen molar-refractivity contribution in [1.29, 1.82) is 5.26 Å². The highest BCUT2D eigenvalue weighted by Gasteiger charge is 2.19. The van der Waals surface area contributed by atoms with Crippen molar-refractivity contribution in [2.75, 3.05) is 6.61 Å². The van der Waals surface area contributed by atoms with Crippen LogP contribution in [0.25, 0.3) is 11.0 Å². The molecule has 0 radical (unpaired) electrons. The van der Waals surface area contributed by atoms with Gasteiger partial charge in [0.15, 0.2) is 0 Å². The van der Waals surface area contributed by atoms with Crippen molar-refractivity contribution in [3.63, 3.8) is 0 Å². The molecule has 1 fully saturated rings. The van der Waals surface area contributed by atoms with Crippen molar-refractivity contribution in [2.24, 2.45) is 0 Å². The van der Waals surface area contributed by atoms with Crippen LogP contribution in [0.4, 0.5) is 0 Å². The Hall–Kier alpha value is -1.57. The van der Waals surface area contributed by atoms with Crippen molar-refractivity contribution in [3.8, 4) is 6.07 Å². The number of ether oxygens (including phenoxy) is 1. The van der Waals surface area contributed by atoms with E-state index in [4.69, 9.17) is 16.3 Å². The van der Waals surface area contributed by atoms with Crippen molar-refractivity contribution >= 4 is 22.6 Å². The number of nitrogens with zero attached hydrogens (tertiary/aromatic N) is 3. The number of hydrogen-bond donors (Lipinski definition) is 0. The predicted molar refractivity (Wildman–Crippen MR) is 77.6 cm³/mol. The van der Waals surface area contributed by atoms with Gasteiger partial charge < -0.3 is 9.30 Å². The number of fused-ring (bicyclic) bond motifs is 1. The molecule has 2 aromatic rings. The molecule has 104 valence electrons. The summed E-state index contributed by atoms with van der Waals surface area (Å²) in [6.07, 6.45) is 3.63. The summed E-state index contributed by atoms with van der Waals surface area (Å²) in [5.74, 6) is 1.14. The van der Waals surface area contributed by atoms with Crippen molar-refractivity contribution in [3.05, 3.63) is 29.6 Å². The molecule has 1 aliphatic heterocycles. The Morgan fingerprint density at radius 2 is 2.35 bits per heavy atom. The maximum absolute atomic E-state index is 9.17. The largest absolute Gasteiger partial charge is 0.376 e. The molecule has 0 aliphatic carbocycles. The number of rotatable bonds is 3. The first kappa shape index (κ1) is 13.4. The van der Waals surface area contributed by atoms with Gasteiger partial charge in [-0.05, 0) is 31.4 Å². The van der Waals surface area contributed by atoms with Gasteiger partial charge in [0.1, 0.15) is 17.4 Å². The van der Waals surface area contributed by atoms with Crippen molar-refractivity contribution in [2.45, 2.75) is 37.8 Å². The first-order valence-electron chi connectivity index (χ1n) is 6.89. The molecule has 5 heteroatoms. The Morgan fingerprint density at radius 3 is 3.05 bits per heavy atom. The minimum Gasteiger partial charge on any atom is -0.376 e. The normalized spacial score (nSPS) is 19.1. The zero-order chi connectivity index (χ0) is 13.9. The Bertz CT molecular complexity index is 653. The number of halogens is 1. The van der Waals surface area contributed by atoms with Crippen LogP contribution in [0.5, 0.6) is 0 Å².